The van der Waals surface area contributed by atoms with Crippen molar-refractivity contribution in [3.8, 4) is 0 Å². The van der Waals surface area contributed by atoms with Crippen LogP contribution in [0.3, 0.4) is 0 Å². The first kappa shape index (κ1) is 27.7. The normalized spacial score (nSPS) is 9.91. The second-order valence-electron chi connectivity index (χ2n) is 3.47. The molecular weight excluding hydrogens is 618 g/mol. The van der Waals surface area contributed by atoms with Crippen LogP contribution in [0.2, 0.25) is 0 Å². The monoisotopic (exact) mass is 630 g/mol. The Labute approximate surface area is 199 Å². The van der Waals surface area contributed by atoms with Gasteiger partial charge in [-0.05, 0) is 11.7 Å². The van der Waals surface area contributed by atoms with E-state index in [2.05, 4.69) is 22.4 Å². The fraction of sp³-hybridized carbons (Fsp3) is 0. The molecule has 6 nitrogen and oxygen atoms in total. The third-order valence-corrected chi connectivity index (χ3v) is 2.18. The minimum atomic E-state index is -0.131. The number of amidine groups is 2. The van der Waals surface area contributed by atoms with Crippen LogP contribution >= 0.6 is 0 Å². The van der Waals surface area contributed by atoms with Gasteiger partial charge in [0.15, 0.2) is 0 Å². The van der Waals surface area contributed by atoms with Gasteiger partial charge in [-0.1, -0.05) is 0 Å². The number of hydrogen-bond acceptors (Lipinski definition) is 4. The quantitative estimate of drug-likeness (QED) is 0.175. The van der Waals surface area contributed by atoms with Gasteiger partial charge in [0, 0.05) is 65.4 Å². The zero-order valence-corrected chi connectivity index (χ0v) is 20.6. The van der Waals surface area contributed by atoms with Crippen molar-refractivity contribution >= 4 is 11.7 Å². The largest absolute Gasteiger partial charge is 2.00 e. The number of nitrogens with one attached hydrogen (secondary N) is 2. The Bertz CT molecular complexity index is 530. The van der Waals surface area contributed by atoms with E-state index in [1.54, 1.807) is 48.5 Å². The number of hydrogen-bond donors (Lipinski definition) is 2. The molecule has 9 heteroatoms. The van der Waals surface area contributed by atoms with Gasteiger partial charge in [0.25, 0.3) is 0 Å². The molecular formula is C14H12N4O2WY2-2. The number of nitrogens with zero attached hydrogens (tertiary/aromatic N) is 2. The van der Waals surface area contributed by atoms with Crippen molar-refractivity contribution < 1.29 is 96.9 Å². The molecule has 2 rings (SSSR count). The Balaban J connectivity index is -0.000000308. The van der Waals surface area contributed by atoms with Gasteiger partial charge in [-0.3, -0.25) is 10.3 Å². The predicted octanol–water partition coefficient (Wildman–Crippen LogP) is 3.34. The van der Waals surface area contributed by atoms with Gasteiger partial charge in [-0.2, -0.15) is 60.7 Å². The van der Waals surface area contributed by atoms with Gasteiger partial charge in [0.1, 0.15) is 0 Å². The molecule has 0 heterocycles. The second kappa shape index (κ2) is 16.7. The van der Waals surface area contributed by atoms with Crippen molar-refractivity contribution in [2.45, 2.75) is 0 Å². The molecule has 0 saturated carbocycles. The van der Waals surface area contributed by atoms with E-state index in [0.29, 0.717) is 11.1 Å². The molecule has 0 aliphatic carbocycles. The van der Waals surface area contributed by atoms with Gasteiger partial charge in [-0.25, -0.2) is 0 Å². The molecule has 2 radical (unpaired) electrons. The zero-order valence-electron chi connectivity index (χ0n) is 12.0. The van der Waals surface area contributed by atoms with Crippen LogP contribution in [0.15, 0.2) is 58.8 Å². The maximum Gasteiger partial charge on any atom is 2.00 e. The summed E-state index contributed by atoms with van der Waals surface area (Å²) in [6.45, 7) is 0. The Hall–Kier alpha value is -0.124. The van der Waals surface area contributed by atoms with E-state index >= 15 is 0 Å². The minimum absolute atomic E-state index is 0. The maximum absolute atomic E-state index is 8.18. The molecule has 0 aliphatic heterocycles. The van der Waals surface area contributed by atoms with Crippen LogP contribution in [0.25, 0.3) is 11.5 Å². The number of rotatable bonds is 2. The molecule has 0 saturated heterocycles. The standard InChI is InChI=1S/2C7H6N2O.W.2Y/c2*8-7(9-10)6-4-2-1-3-5-6;;;/h2*2-5H,(H2-,8,9,10);;;/q2*-2;+2;;. The third-order valence-electron chi connectivity index (χ3n) is 2.18. The molecule has 114 valence electrons. The molecule has 4 N–H and O–H groups in total. The van der Waals surface area contributed by atoms with Crippen molar-refractivity contribution in [3.63, 3.8) is 0 Å². The Morgan fingerprint density at radius 3 is 1.22 bits per heavy atom. The Morgan fingerprint density at radius 2 is 1.00 bits per heavy atom. The SMILES string of the molecule is [NH-]/C(=N\O)c1cc[c-]cc1.[NH-]/C(=N\O)c1cc[c-]cc1.[W+2].[Y].[Y]. The summed E-state index contributed by atoms with van der Waals surface area (Å²) in [7, 11) is 0. The van der Waals surface area contributed by atoms with Gasteiger partial charge in [-0.15, -0.1) is 11.1 Å². The molecule has 0 bridgehead atoms. The summed E-state index contributed by atoms with van der Waals surface area (Å²) in [5.41, 5.74) is 15.3. The first-order chi connectivity index (χ1) is 9.69. The van der Waals surface area contributed by atoms with Crippen LogP contribution in [0.5, 0.6) is 0 Å². The summed E-state index contributed by atoms with van der Waals surface area (Å²) in [5.74, 6) is -0.261. The minimum Gasteiger partial charge on any atom is -0.509 e. The van der Waals surface area contributed by atoms with Crippen LogP contribution in [0, 0.1) is 12.1 Å². The zero-order chi connectivity index (χ0) is 14.8. The van der Waals surface area contributed by atoms with Gasteiger partial charge >= 0.3 is 21.1 Å². The molecule has 0 spiro atoms. The molecule has 23 heavy (non-hydrogen) atoms. The second-order valence-corrected chi connectivity index (χ2v) is 3.47. The van der Waals surface area contributed by atoms with E-state index in [1.165, 1.54) is 0 Å². The Kier molecular flexibility index (Phi) is 20.1. The van der Waals surface area contributed by atoms with Crippen molar-refractivity contribution in [2.24, 2.45) is 10.3 Å². The van der Waals surface area contributed by atoms with Gasteiger partial charge < -0.3 is 21.9 Å². The first-order valence-electron chi connectivity index (χ1n) is 5.49. The summed E-state index contributed by atoms with van der Waals surface area (Å²) >= 11 is 0. The summed E-state index contributed by atoms with van der Waals surface area (Å²) in [5, 5.41) is 21.8. The van der Waals surface area contributed by atoms with E-state index in [0.717, 1.165) is 0 Å². The smallest absolute Gasteiger partial charge is 0.509 e. The van der Waals surface area contributed by atoms with Crippen LogP contribution < -0.4 is 0 Å². The van der Waals surface area contributed by atoms with E-state index in [1.807, 2.05) is 0 Å². The molecule has 0 aliphatic rings. The van der Waals surface area contributed by atoms with E-state index in [4.69, 9.17) is 21.9 Å². The average Bonchev–Trinajstić information content (AvgIpc) is 2.55. The van der Waals surface area contributed by atoms with E-state index in [-0.39, 0.29) is 98.2 Å². The molecule has 0 amide bonds. The topological polar surface area (TPSA) is 113 Å². The number of benzene rings is 2. The Morgan fingerprint density at radius 1 is 0.739 bits per heavy atom. The van der Waals surface area contributed by atoms with Crippen molar-refractivity contribution in [1.82, 2.24) is 0 Å². The fourth-order valence-electron chi connectivity index (χ4n) is 1.20. The summed E-state index contributed by atoms with van der Waals surface area (Å²) in [4.78, 5) is 0. The molecule has 0 fully saturated rings. The number of oxime groups is 2. The van der Waals surface area contributed by atoms with Crippen LogP contribution in [-0.4, -0.2) is 22.1 Å². The summed E-state index contributed by atoms with van der Waals surface area (Å²) in [6.07, 6.45) is 0. The van der Waals surface area contributed by atoms with Crippen LogP contribution in [0.4, 0.5) is 0 Å². The molecule has 2 aromatic rings. The first-order valence-corrected chi connectivity index (χ1v) is 5.49. The molecule has 0 atom stereocenters. The predicted molar refractivity (Wildman–Crippen MR) is 75.8 cm³/mol. The van der Waals surface area contributed by atoms with Crippen LogP contribution in [-0.2, 0) is 86.5 Å². The third kappa shape index (κ3) is 11.1. The molecule has 2 aromatic carbocycles. The van der Waals surface area contributed by atoms with Crippen molar-refractivity contribution in [3.05, 3.63) is 83.3 Å². The average molecular weight is 630 g/mol. The van der Waals surface area contributed by atoms with E-state index in [9.17, 15) is 0 Å². The van der Waals surface area contributed by atoms with Gasteiger partial charge in [0.2, 0.25) is 0 Å². The van der Waals surface area contributed by atoms with Crippen LogP contribution in [0.1, 0.15) is 11.1 Å². The van der Waals surface area contributed by atoms with Crippen molar-refractivity contribution in [2.75, 3.05) is 0 Å². The molecule has 0 unspecified atom stereocenters. The summed E-state index contributed by atoms with van der Waals surface area (Å²) < 4.78 is 0. The molecule has 0 aromatic heterocycles. The van der Waals surface area contributed by atoms with E-state index < -0.39 is 0 Å². The maximum atomic E-state index is 8.18. The fourth-order valence-corrected chi connectivity index (χ4v) is 1.20. The van der Waals surface area contributed by atoms with Crippen molar-refractivity contribution in [1.29, 1.82) is 0 Å². The summed E-state index contributed by atoms with van der Waals surface area (Å²) in [6, 6.07) is 18.8. The van der Waals surface area contributed by atoms with Gasteiger partial charge in [0.05, 0.1) is 0 Å².